The van der Waals surface area contributed by atoms with Gasteiger partial charge < -0.3 is 15.4 Å². The highest BCUT2D eigenvalue weighted by molar-refractivity contribution is 5.89. The maximum atomic E-state index is 12.1. The number of aromatic amines is 1. The summed E-state index contributed by atoms with van der Waals surface area (Å²) in [6.45, 7) is 4.15. The van der Waals surface area contributed by atoms with E-state index in [9.17, 15) is 14.7 Å². The molecule has 0 fully saturated rings. The number of carboxylic acids is 1. The van der Waals surface area contributed by atoms with Crippen molar-refractivity contribution in [3.8, 4) is 0 Å². The van der Waals surface area contributed by atoms with Gasteiger partial charge in [-0.2, -0.15) is 0 Å². The highest BCUT2D eigenvalue weighted by Crippen LogP contribution is 2.30. The number of benzene rings is 1. The summed E-state index contributed by atoms with van der Waals surface area (Å²) in [5.74, 6) is -2.66. The van der Waals surface area contributed by atoms with Gasteiger partial charge in [0.05, 0.1) is 5.92 Å². The van der Waals surface area contributed by atoms with E-state index in [0.29, 0.717) is 18.7 Å². The largest absolute Gasteiger partial charge is 0.481 e. The zero-order valence-corrected chi connectivity index (χ0v) is 12.2. The molecule has 0 saturated carbocycles. The van der Waals surface area contributed by atoms with Gasteiger partial charge in [0.15, 0.2) is 0 Å². The minimum atomic E-state index is -0.986. The van der Waals surface area contributed by atoms with Gasteiger partial charge in [-0.05, 0) is 30.9 Å². The Morgan fingerprint density at radius 1 is 1.29 bits per heavy atom. The normalized spacial score (nSPS) is 13.8. The van der Waals surface area contributed by atoms with Crippen LogP contribution in [0.1, 0.15) is 31.9 Å². The van der Waals surface area contributed by atoms with Gasteiger partial charge in [0.25, 0.3) is 0 Å². The van der Waals surface area contributed by atoms with Gasteiger partial charge in [0.1, 0.15) is 5.92 Å². The van der Waals surface area contributed by atoms with E-state index in [1.807, 2.05) is 44.2 Å². The number of carboxylic acid groups (broad SMARTS) is 1. The van der Waals surface area contributed by atoms with E-state index < -0.39 is 17.8 Å². The van der Waals surface area contributed by atoms with E-state index in [0.717, 1.165) is 10.9 Å². The predicted octanol–water partition coefficient (Wildman–Crippen LogP) is 2.50. The van der Waals surface area contributed by atoms with E-state index in [4.69, 9.17) is 0 Å². The number of H-pyrrole nitrogens is 1. The lowest BCUT2D eigenvalue weighted by molar-refractivity contribution is -0.143. The molecule has 1 heterocycles. The van der Waals surface area contributed by atoms with Crippen LogP contribution in [0.25, 0.3) is 10.9 Å². The molecule has 0 aliphatic carbocycles. The third kappa shape index (κ3) is 3.07. The Balaban J connectivity index is 2.41. The number of fused-ring (bicyclic) bond motifs is 1. The number of carbonyl (C=O) groups is 2. The molecule has 21 heavy (non-hydrogen) atoms. The van der Waals surface area contributed by atoms with Crippen molar-refractivity contribution in [3.05, 3.63) is 36.0 Å². The Labute approximate surface area is 123 Å². The number of para-hydroxylation sites is 1. The maximum Gasteiger partial charge on any atom is 0.313 e. The topological polar surface area (TPSA) is 82.2 Å². The van der Waals surface area contributed by atoms with Gasteiger partial charge >= 0.3 is 5.97 Å². The molecule has 2 unspecified atom stereocenters. The van der Waals surface area contributed by atoms with Crippen molar-refractivity contribution < 1.29 is 14.7 Å². The number of amides is 1. The van der Waals surface area contributed by atoms with Crippen molar-refractivity contribution in [1.82, 2.24) is 10.3 Å². The lowest BCUT2D eigenvalue weighted by Crippen LogP contribution is -2.36. The van der Waals surface area contributed by atoms with Gasteiger partial charge in [0, 0.05) is 17.8 Å². The minimum Gasteiger partial charge on any atom is -0.481 e. The molecule has 0 bridgehead atoms. The first-order valence-electron chi connectivity index (χ1n) is 7.16. The van der Waals surface area contributed by atoms with Crippen LogP contribution < -0.4 is 5.32 Å². The third-order valence-electron chi connectivity index (χ3n) is 3.68. The van der Waals surface area contributed by atoms with Crippen LogP contribution in [0.15, 0.2) is 30.3 Å². The van der Waals surface area contributed by atoms with Gasteiger partial charge in [-0.3, -0.25) is 9.59 Å². The molecule has 2 rings (SSSR count). The molecule has 112 valence electrons. The van der Waals surface area contributed by atoms with Crippen molar-refractivity contribution in [2.75, 3.05) is 6.54 Å². The number of aromatic nitrogens is 1. The molecular weight excluding hydrogens is 268 g/mol. The highest BCUT2D eigenvalue weighted by atomic mass is 16.4. The number of hydrogen-bond acceptors (Lipinski definition) is 2. The summed E-state index contributed by atoms with van der Waals surface area (Å²) in [6.07, 6.45) is 0.470. The second kappa shape index (κ2) is 6.43. The first-order valence-corrected chi connectivity index (χ1v) is 7.16. The van der Waals surface area contributed by atoms with Gasteiger partial charge in [-0.15, -0.1) is 0 Å². The molecule has 2 atom stereocenters. The molecule has 0 saturated heterocycles. The van der Waals surface area contributed by atoms with E-state index in [2.05, 4.69) is 10.3 Å². The van der Waals surface area contributed by atoms with Crippen LogP contribution in [0.2, 0.25) is 0 Å². The lowest BCUT2D eigenvalue weighted by Gasteiger charge is -2.21. The first-order chi connectivity index (χ1) is 10.1. The summed E-state index contributed by atoms with van der Waals surface area (Å²) in [5.41, 5.74) is 1.45. The van der Waals surface area contributed by atoms with Crippen molar-refractivity contribution in [2.45, 2.75) is 26.2 Å². The number of hydrogen-bond donors (Lipinski definition) is 3. The molecule has 1 aromatic carbocycles. The zero-order chi connectivity index (χ0) is 15.4. The molecular formula is C16H20N2O3. The standard InChI is InChI=1S/C16H20N2O3/c1-3-11(15(19)17-4-2)14(16(20)21)13-9-10-7-5-6-8-12(10)18-13/h5-9,11,14,18H,3-4H2,1-2H3,(H,17,19)(H,20,21). The van der Waals surface area contributed by atoms with Crippen molar-refractivity contribution in [2.24, 2.45) is 5.92 Å². The number of carbonyl (C=O) groups excluding carboxylic acids is 1. The van der Waals surface area contributed by atoms with Gasteiger partial charge in [0.2, 0.25) is 5.91 Å². The highest BCUT2D eigenvalue weighted by Gasteiger charge is 2.34. The Bertz CT molecular complexity index is 615. The SMILES string of the molecule is CCNC(=O)C(CC)C(C(=O)O)c1cc2ccccc2[nH]1. The molecule has 0 aliphatic heterocycles. The van der Waals surface area contributed by atoms with E-state index in [-0.39, 0.29) is 5.91 Å². The second-order valence-corrected chi connectivity index (χ2v) is 5.04. The summed E-state index contributed by atoms with van der Waals surface area (Å²) in [6, 6.07) is 9.42. The number of rotatable bonds is 6. The number of aliphatic carboxylic acids is 1. The molecule has 1 aromatic heterocycles. The van der Waals surface area contributed by atoms with Crippen LogP contribution >= 0.6 is 0 Å². The minimum absolute atomic E-state index is 0.217. The van der Waals surface area contributed by atoms with Gasteiger partial charge in [-0.25, -0.2) is 0 Å². The summed E-state index contributed by atoms with van der Waals surface area (Å²) in [7, 11) is 0. The van der Waals surface area contributed by atoms with Crippen molar-refractivity contribution in [1.29, 1.82) is 0 Å². The molecule has 3 N–H and O–H groups in total. The third-order valence-corrected chi connectivity index (χ3v) is 3.68. The molecule has 0 aliphatic rings. The number of nitrogens with one attached hydrogen (secondary N) is 2. The van der Waals surface area contributed by atoms with E-state index >= 15 is 0 Å². The van der Waals surface area contributed by atoms with Crippen LogP contribution in [-0.4, -0.2) is 28.5 Å². The molecule has 5 heteroatoms. The zero-order valence-electron chi connectivity index (χ0n) is 12.2. The Morgan fingerprint density at radius 3 is 2.57 bits per heavy atom. The van der Waals surface area contributed by atoms with Crippen molar-refractivity contribution in [3.63, 3.8) is 0 Å². The Hall–Kier alpha value is -2.30. The van der Waals surface area contributed by atoms with Crippen LogP contribution in [0, 0.1) is 5.92 Å². The average molecular weight is 288 g/mol. The van der Waals surface area contributed by atoms with E-state index in [1.165, 1.54) is 0 Å². The molecule has 1 amide bonds. The molecule has 5 nitrogen and oxygen atoms in total. The molecule has 0 spiro atoms. The lowest BCUT2D eigenvalue weighted by atomic mass is 9.86. The average Bonchev–Trinajstić information content (AvgIpc) is 2.87. The summed E-state index contributed by atoms with van der Waals surface area (Å²) in [5, 5.41) is 13.2. The van der Waals surface area contributed by atoms with Crippen LogP contribution in [0.4, 0.5) is 0 Å². The second-order valence-electron chi connectivity index (χ2n) is 5.04. The van der Waals surface area contributed by atoms with Crippen LogP contribution in [-0.2, 0) is 9.59 Å². The predicted molar refractivity (Wildman–Crippen MR) is 81.1 cm³/mol. The summed E-state index contributed by atoms with van der Waals surface area (Å²) in [4.78, 5) is 26.9. The Kier molecular flexibility index (Phi) is 4.62. The van der Waals surface area contributed by atoms with Gasteiger partial charge in [-0.1, -0.05) is 25.1 Å². The first kappa shape index (κ1) is 15.1. The monoisotopic (exact) mass is 288 g/mol. The molecule has 0 radical (unpaired) electrons. The fourth-order valence-electron chi connectivity index (χ4n) is 2.66. The molecule has 2 aromatic rings. The summed E-state index contributed by atoms with van der Waals surface area (Å²) < 4.78 is 0. The fourth-order valence-corrected chi connectivity index (χ4v) is 2.66. The van der Waals surface area contributed by atoms with Crippen LogP contribution in [0.3, 0.4) is 0 Å². The van der Waals surface area contributed by atoms with Crippen LogP contribution in [0.5, 0.6) is 0 Å². The van der Waals surface area contributed by atoms with Crippen molar-refractivity contribution >= 4 is 22.8 Å². The Morgan fingerprint density at radius 2 is 2.00 bits per heavy atom. The quantitative estimate of drug-likeness (QED) is 0.763. The maximum absolute atomic E-state index is 12.1. The smallest absolute Gasteiger partial charge is 0.313 e. The fraction of sp³-hybridized carbons (Fsp3) is 0.375. The van der Waals surface area contributed by atoms with E-state index in [1.54, 1.807) is 0 Å². The summed E-state index contributed by atoms with van der Waals surface area (Å²) >= 11 is 0.